The Morgan fingerprint density at radius 1 is 1.11 bits per heavy atom. The molecule has 7 heteroatoms. The average Bonchev–Trinajstić information content (AvgIpc) is 3.42. The quantitative estimate of drug-likeness (QED) is 0.460. The molecule has 0 fully saturated rings. The van der Waals surface area contributed by atoms with Gasteiger partial charge in [0.2, 0.25) is 11.7 Å². The van der Waals surface area contributed by atoms with Crippen molar-refractivity contribution >= 4 is 17.0 Å². The van der Waals surface area contributed by atoms with Gasteiger partial charge in [-0.25, -0.2) is 0 Å². The van der Waals surface area contributed by atoms with E-state index in [9.17, 15) is 0 Å². The highest BCUT2D eigenvalue weighted by Crippen LogP contribution is 2.28. The van der Waals surface area contributed by atoms with Crippen molar-refractivity contribution < 1.29 is 9.26 Å². The van der Waals surface area contributed by atoms with Crippen LogP contribution in [0.25, 0.3) is 10.7 Å². The van der Waals surface area contributed by atoms with Crippen molar-refractivity contribution in [1.82, 2.24) is 10.1 Å². The molecule has 4 rings (SSSR count). The Bertz CT molecular complexity index is 1100. The molecule has 2 aromatic carbocycles. The summed E-state index contributed by atoms with van der Waals surface area (Å²) in [5.41, 5.74) is 1.39. The van der Waals surface area contributed by atoms with Gasteiger partial charge in [0.1, 0.15) is 23.6 Å². The van der Waals surface area contributed by atoms with Crippen molar-refractivity contribution in [1.29, 1.82) is 5.26 Å². The number of para-hydroxylation sites is 1. The Labute approximate surface area is 166 Å². The van der Waals surface area contributed by atoms with E-state index in [-0.39, 0.29) is 6.04 Å². The topological polar surface area (TPSA) is 84.0 Å². The van der Waals surface area contributed by atoms with E-state index in [4.69, 9.17) is 14.5 Å². The van der Waals surface area contributed by atoms with Gasteiger partial charge < -0.3 is 14.6 Å². The summed E-state index contributed by atoms with van der Waals surface area (Å²) >= 11 is 1.57. The van der Waals surface area contributed by atoms with E-state index >= 15 is 0 Å². The molecule has 28 heavy (non-hydrogen) atoms. The summed E-state index contributed by atoms with van der Waals surface area (Å²) in [5.74, 6) is 2.30. The van der Waals surface area contributed by atoms with Gasteiger partial charge in [-0.3, -0.25) is 0 Å². The summed E-state index contributed by atoms with van der Waals surface area (Å²) in [6.07, 6.45) is 0. The smallest absolute Gasteiger partial charge is 0.249 e. The van der Waals surface area contributed by atoms with Crippen molar-refractivity contribution in [3.8, 4) is 28.3 Å². The molecule has 0 aliphatic carbocycles. The number of nitriles is 1. The van der Waals surface area contributed by atoms with Crippen LogP contribution in [0.1, 0.15) is 24.4 Å². The summed E-state index contributed by atoms with van der Waals surface area (Å²) in [6, 6.07) is 20.5. The summed E-state index contributed by atoms with van der Waals surface area (Å²) in [5, 5.41) is 18.5. The van der Waals surface area contributed by atoms with Gasteiger partial charge in [0.05, 0.1) is 10.4 Å². The first-order valence-electron chi connectivity index (χ1n) is 8.64. The molecular weight excluding hydrogens is 372 g/mol. The van der Waals surface area contributed by atoms with E-state index in [1.807, 2.05) is 54.8 Å². The number of nitrogens with one attached hydrogen (secondary N) is 1. The average molecular weight is 388 g/mol. The van der Waals surface area contributed by atoms with E-state index < -0.39 is 0 Å². The second-order valence-corrected chi connectivity index (χ2v) is 6.98. The molecule has 1 unspecified atom stereocenters. The highest BCUT2D eigenvalue weighted by molar-refractivity contribution is 7.13. The van der Waals surface area contributed by atoms with Crippen LogP contribution in [0, 0.1) is 11.3 Å². The molecule has 4 aromatic rings. The first-order valence-corrected chi connectivity index (χ1v) is 9.52. The van der Waals surface area contributed by atoms with Crippen molar-refractivity contribution in [2.45, 2.75) is 13.0 Å². The highest BCUT2D eigenvalue weighted by atomic mass is 32.1. The van der Waals surface area contributed by atoms with E-state index in [2.05, 4.69) is 21.5 Å². The monoisotopic (exact) mass is 388 g/mol. The fraction of sp³-hybridized carbons (Fsp3) is 0.0952. The number of anilines is 1. The van der Waals surface area contributed by atoms with Crippen LogP contribution in [0.2, 0.25) is 0 Å². The predicted octanol–water partition coefficient (Wildman–Crippen LogP) is 5.64. The van der Waals surface area contributed by atoms with Crippen molar-refractivity contribution in [3.05, 3.63) is 77.5 Å². The molecule has 0 spiro atoms. The fourth-order valence-electron chi connectivity index (χ4n) is 2.62. The van der Waals surface area contributed by atoms with Gasteiger partial charge in [-0.1, -0.05) is 23.4 Å². The second kappa shape index (κ2) is 7.94. The molecular formula is C21H16N4O2S. The van der Waals surface area contributed by atoms with E-state index in [1.54, 1.807) is 29.5 Å². The zero-order valence-corrected chi connectivity index (χ0v) is 15.8. The SMILES string of the molecule is CC(Nc1ccc(Oc2ccccc2C#N)cc1)c1nc(-c2cccs2)no1. The zero-order chi connectivity index (χ0) is 19.3. The van der Waals surface area contributed by atoms with E-state index in [1.165, 1.54) is 0 Å². The van der Waals surface area contributed by atoms with Crippen LogP contribution >= 0.6 is 11.3 Å². The minimum Gasteiger partial charge on any atom is -0.456 e. The highest BCUT2D eigenvalue weighted by Gasteiger charge is 2.15. The summed E-state index contributed by atoms with van der Waals surface area (Å²) in [7, 11) is 0. The van der Waals surface area contributed by atoms with Gasteiger partial charge >= 0.3 is 0 Å². The van der Waals surface area contributed by atoms with Gasteiger partial charge in [-0.15, -0.1) is 11.3 Å². The van der Waals surface area contributed by atoms with Crippen LogP contribution in [0.4, 0.5) is 5.69 Å². The lowest BCUT2D eigenvalue weighted by Gasteiger charge is -2.12. The Balaban J connectivity index is 1.42. The Morgan fingerprint density at radius 2 is 1.93 bits per heavy atom. The number of benzene rings is 2. The minimum absolute atomic E-state index is 0.146. The van der Waals surface area contributed by atoms with Crippen LogP contribution < -0.4 is 10.1 Å². The molecule has 0 aliphatic rings. The number of nitrogens with zero attached hydrogens (tertiary/aromatic N) is 3. The standard InChI is InChI=1S/C21H16N4O2S/c1-14(21-24-20(25-27-21)19-7-4-12-28-19)23-16-8-10-17(11-9-16)26-18-6-3-2-5-15(18)13-22/h2-12,14,23H,1H3. The maximum Gasteiger partial charge on any atom is 0.249 e. The van der Waals surface area contributed by atoms with Crippen molar-refractivity contribution in [3.63, 3.8) is 0 Å². The number of rotatable bonds is 6. The van der Waals surface area contributed by atoms with Gasteiger partial charge in [-0.05, 0) is 54.8 Å². The maximum atomic E-state index is 9.15. The molecule has 2 heterocycles. The third-order valence-electron chi connectivity index (χ3n) is 4.03. The van der Waals surface area contributed by atoms with Gasteiger partial charge in [0, 0.05) is 5.69 Å². The largest absolute Gasteiger partial charge is 0.456 e. The summed E-state index contributed by atoms with van der Waals surface area (Å²) in [6.45, 7) is 1.96. The Kier molecular flexibility index (Phi) is 5.04. The summed E-state index contributed by atoms with van der Waals surface area (Å²) < 4.78 is 11.2. The van der Waals surface area contributed by atoms with Crippen molar-refractivity contribution in [2.24, 2.45) is 0 Å². The molecule has 2 aromatic heterocycles. The number of thiophene rings is 1. The predicted molar refractivity (Wildman–Crippen MR) is 107 cm³/mol. The molecule has 0 bridgehead atoms. The van der Waals surface area contributed by atoms with Crippen molar-refractivity contribution in [2.75, 3.05) is 5.32 Å². The molecule has 1 atom stereocenters. The molecule has 0 saturated carbocycles. The molecule has 138 valence electrons. The Hall–Kier alpha value is -3.63. The number of hydrogen-bond acceptors (Lipinski definition) is 7. The first-order chi connectivity index (χ1) is 13.7. The van der Waals surface area contributed by atoms with Gasteiger partial charge in [-0.2, -0.15) is 10.2 Å². The molecule has 0 radical (unpaired) electrons. The van der Waals surface area contributed by atoms with Crippen LogP contribution in [-0.2, 0) is 0 Å². The Morgan fingerprint density at radius 3 is 2.68 bits per heavy atom. The van der Waals surface area contributed by atoms with Crippen LogP contribution in [0.15, 0.2) is 70.6 Å². The lowest BCUT2D eigenvalue weighted by molar-refractivity contribution is 0.368. The van der Waals surface area contributed by atoms with Crippen LogP contribution in [0.3, 0.4) is 0 Å². The molecule has 1 N–H and O–H groups in total. The molecule has 6 nitrogen and oxygen atoms in total. The zero-order valence-electron chi connectivity index (χ0n) is 15.0. The van der Waals surface area contributed by atoms with Crippen LogP contribution in [-0.4, -0.2) is 10.1 Å². The first kappa shape index (κ1) is 17.8. The summed E-state index contributed by atoms with van der Waals surface area (Å²) in [4.78, 5) is 5.43. The normalized spacial score (nSPS) is 11.6. The van der Waals surface area contributed by atoms with E-state index in [0.717, 1.165) is 10.6 Å². The molecule has 0 saturated heterocycles. The van der Waals surface area contributed by atoms with E-state index in [0.29, 0.717) is 28.8 Å². The number of hydrogen-bond donors (Lipinski definition) is 1. The van der Waals surface area contributed by atoms with Gasteiger partial charge in [0.15, 0.2) is 0 Å². The third kappa shape index (κ3) is 3.87. The lowest BCUT2D eigenvalue weighted by atomic mass is 10.2. The minimum atomic E-state index is -0.146. The fourth-order valence-corrected chi connectivity index (χ4v) is 3.27. The lowest BCUT2D eigenvalue weighted by Crippen LogP contribution is -2.06. The molecule has 0 amide bonds. The van der Waals surface area contributed by atoms with Gasteiger partial charge in [0.25, 0.3) is 0 Å². The third-order valence-corrected chi connectivity index (χ3v) is 4.89. The number of ether oxygens (including phenoxy) is 1. The second-order valence-electron chi connectivity index (χ2n) is 6.03. The molecule has 0 aliphatic heterocycles. The maximum absolute atomic E-state index is 9.15. The van der Waals surface area contributed by atoms with Crippen LogP contribution in [0.5, 0.6) is 11.5 Å². The number of aromatic nitrogens is 2.